The van der Waals surface area contributed by atoms with Crippen LogP contribution in [0.4, 0.5) is 17.3 Å². The molecule has 0 saturated carbocycles. The van der Waals surface area contributed by atoms with Gasteiger partial charge in [-0.3, -0.25) is 0 Å². The van der Waals surface area contributed by atoms with Gasteiger partial charge in [0.25, 0.3) is 0 Å². The number of hydrogen-bond donors (Lipinski definition) is 1. The van der Waals surface area contributed by atoms with Crippen LogP contribution in [-0.2, 0) is 4.74 Å². The Bertz CT molecular complexity index is 667. The summed E-state index contributed by atoms with van der Waals surface area (Å²) in [6, 6.07) is 12.6. The molecule has 2 fully saturated rings. The van der Waals surface area contributed by atoms with Gasteiger partial charge in [0.1, 0.15) is 18.0 Å². The highest BCUT2D eigenvalue weighted by atomic mass is 16.5. The molecule has 1 N–H and O–H groups in total. The van der Waals surface area contributed by atoms with E-state index in [0.717, 1.165) is 63.8 Å². The van der Waals surface area contributed by atoms with Crippen LogP contribution in [-0.4, -0.2) is 55.4 Å². The molecular weight excluding hydrogens is 314 g/mol. The van der Waals surface area contributed by atoms with Crippen molar-refractivity contribution >= 4 is 17.3 Å². The number of benzene rings is 1. The second-order valence-corrected chi connectivity index (χ2v) is 6.59. The van der Waals surface area contributed by atoms with Crippen molar-refractivity contribution in [3.8, 4) is 0 Å². The largest absolute Gasteiger partial charge is 0.376 e. The number of rotatable bonds is 5. The van der Waals surface area contributed by atoms with Gasteiger partial charge in [-0.25, -0.2) is 9.97 Å². The highest BCUT2D eigenvalue weighted by Crippen LogP contribution is 2.20. The van der Waals surface area contributed by atoms with Gasteiger partial charge in [0, 0.05) is 51.1 Å². The summed E-state index contributed by atoms with van der Waals surface area (Å²) in [7, 11) is 0. The maximum absolute atomic E-state index is 5.65. The molecule has 1 aromatic heterocycles. The molecule has 4 rings (SSSR count). The fourth-order valence-corrected chi connectivity index (χ4v) is 3.47. The summed E-state index contributed by atoms with van der Waals surface area (Å²) >= 11 is 0. The molecule has 1 unspecified atom stereocenters. The number of ether oxygens (including phenoxy) is 1. The first-order chi connectivity index (χ1) is 12.4. The molecule has 6 nitrogen and oxygen atoms in total. The molecular formula is C19H25N5O. The monoisotopic (exact) mass is 339 g/mol. The third-order valence-electron chi connectivity index (χ3n) is 4.91. The van der Waals surface area contributed by atoms with Crippen LogP contribution in [0.2, 0.25) is 0 Å². The van der Waals surface area contributed by atoms with E-state index in [1.165, 1.54) is 5.69 Å². The third kappa shape index (κ3) is 4.02. The topological polar surface area (TPSA) is 53.5 Å². The Morgan fingerprint density at radius 2 is 1.84 bits per heavy atom. The van der Waals surface area contributed by atoms with Crippen molar-refractivity contribution in [1.82, 2.24) is 9.97 Å². The van der Waals surface area contributed by atoms with Crippen LogP contribution in [0.1, 0.15) is 12.8 Å². The van der Waals surface area contributed by atoms with Gasteiger partial charge in [-0.05, 0) is 25.0 Å². The van der Waals surface area contributed by atoms with E-state index in [9.17, 15) is 0 Å². The van der Waals surface area contributed by atoms with E-state index in [0.29, 0.717) is 6.10 Å². The molecule has 0 amide bonds. The van der Waals surface area contributed by atoms with Crippen LogP contribution >= 0.6 is 0 Å². The Morgan fingerprint density at radius 3 is 2.60 bits per heavy atom. The van der Waals surface area contributed by atoms with Crippen LogP contribution in [0.25, 0.3) is 0 Å². The van der Waals surface area contributed by atoms with Gasteiger partial charge < -0.3 is 19.9 Å². The lowest BCUT2D eigenvalue weighted by molar-refractivity contribution is 0.120. The highest BCUT2D eigenvalue weighted by Gasteiger charge is 2.19. The molecule has 132 valence electrons. The van der Waals surface area contributed by atoms with Crippen molar-refractivity contribution in [2.45, 2.75) is 18.9 Å². The lowest BCUT2D eigenvalue weighted by atomic mass is 10.2. The fourth-order valence-electron chi connectivity index (χ4n) is 3.47. The average Bonchev–Trinajstić information content (AvgIpc) is 3.21. The molecule has 1 atom stereocenters. The summed E-state index contributed by atoms with van der Waals surface area (Å²) < 4.78 is 5.65. The maximum atomic E-state index is 5.65. The maximum Gasteiger partial charge on any atom is 0.134 e. The molecule has 2 aliphatic rings. The summed E-state index contributed by atoms with van der Waals surface area (Å²) in [6.07, 6.45) is 4.25. The van der Waals surface area contributed by atoms with Crippen molar-refractivity contribution < 1.29 is 4.74 Å². The van der Waals surface area contributed by atoms with Gasteiger partial charge in [0.05, 0.1) is 6.10 Å². The van der Waals surface area contributed by atoms with Crippen LogP contribution in [0, 0.1) is 0 Å². The van der Waals surface area contributed by atoms with E-state index in [-0.39, 0.29) is 0 Å². The standard InChI is InChI=1S/C19H25N5O/c1-2-5-16(6-3-1)23-8-10-24(11-9-23)19-13-18(21-15-22-19)20-14-17-7-4-12-25-17/h1-3,5-6,13,15,17H,4,7-12,14H2,(H,20,21,22). The van der Waals surface area contributed by atoms with E-state index in [4.69, 9.17) is 4.74 Å². The number of para-hydroxylation sites is 1. The second-order valence-electron chi connectivity index (χ2n) is 6.59. The summed E-state index contributed by atoms with van der Waals surface area (Å²) in [4.78, 5) is 13.6. The number of aromatic nitrogens is 2. The summed E-state index contributed by atoms with van der Waals surface area (Å²) in [5.74, 6) is 1.88. The van der Waals surface area contributed by atoms with Crippen molar-refractivity contribution in [1.29, 1.82) is 0 Å². The zero-order chi connectivity index (χ0) is 16.9. The summed E-state index contributed by atoms with van der Waals surface area (Å²) in [6.45, 7) is 5.65. The predicted molar refractivity (Wildman–Crippen MR) is 100 cm³/mol. The first-order valence-electron chi connectivity index (χ1n) is 9.11. The van der Waals surface area contributed by atoms with Gasteiger partial charge in [-0.15, -0.1) is 0 Å². The molecule has 25 heavy (non-hydrogen) atoms. The van der Waals surface area contributed by atoms with Crippen LogP contribution < -0.4 is 15.1 Å². The van der Waals surface area contributed by atoms with Gasteiger partial charge in [-0.1, -0.05) is 18.2 Å². The number of hydrogen-bond acceptors (Lipinski definition) is 6. The summed E-state index contributed by atoms with van der Waals surface area (Å²) in [5, 5.41) is 3.39. The van der Waals surface area contributed by atoms with Gasteiger partial charge in [0.15, 0.2) is 0 Å². The normalized spacial score (nSPS) is 20.7. The smallest absolute Gasteiger partial charge is 0.134 e. The lowest BCUT2D eigenvalue weighted by Gasteiger charge is -2.36. The number of nitrogens with one attached hydrogen (secondary N) is 1. The average molecular weight is 339 g/mol. The second kappa shape index (κ2) is 7.70. The van der Waals surface area contributed by atoms with E-state index in [1.807, 2.05) is 6.07 Å². The first kappa shape index (κ1) is 16.1. The SMILES string of the molecule is c1ccc(N2CCN(c3cc(NCC4CCCO4)ncn3)CC2)cc1. The Hall–Kier alpha value is -2.34. The molecule has 0 radical (unpaired) electrons. The van der Waals surface area contributed by atoms with Crippen LogP contribution in [0.5, 0.6) is 0 Å². The zero-order valence-corrected chi connectivity index (χ0v) is 14.5. The Balaban J connectivity index is 1.34. The zero-order valence-electron chi connectivity index (χ0n) is 14.5. The number of nitrogens with zero attached hydrogens (tertiary/aromatic N) is 4. The molecule has 1 aromatic carbocycles. The number of anilines is 3. The van der Waals surface area contributed by atoms with E-state index >= 15 is 0 Å². The molecule has 2 aromatic rings. The number of piperazine rings is 1. The molecule has 6 heteroatoms. The van der Waals surface area contributed by atoms with Gasteiger partial charge in [-0.2, -0.15) is 0 Å². The molecule has 0 aliphatic carbocycles. The summed E-state index contributed by atoms with van der Waals surface area (Å²) in [5.41, 5.74) is 1.30. The Morgan fingerprint density at radius 1 is 1.04 bits per heavy atom. The molecule has 0 bridgehead atoms. The minimum absolute atomic E-state index is 0.313. The minimum atomic E-state index is 0.313. The molecule has 2 saturated heterocycles. The van der Waals surface area contributed by atoms with E-state index in [2.05, 4.69) is 55.4 Å². The predicted octanol–water partition coefficient (Wildman–Crippen LogP) is 2.39. The van der Waals surface area contributed by atoms with Crippen molar-refractivity contribution in [2.75, 3.05) is 54.4 Å². The highest BCUT2D eigenvalue weighted by molar-refractivity contribution is 5.52. The first-order valence-corrected chi connectivity index (χ1v) is 9.11. The lowest BCUT2D eigenvalue weighted by Crippen LogP contribution is -2.46. The van der Waals surface area contributed by atoms with Crippen LogP contribution in [0.3, 0.4) is 0 Å². The molecule has 0 spiro atoms. The fraction of sp³-hybridized carbons (Fsp3) is 0.474. The van der Waals surface area contributed by atoms with Crippen LogP contribution in [0.15, 0.2) is 42.7 Å². The minimum Gasteiger partial charge on any atom is -0.376 e. The van der Waals surface area contributed by atoms with E-state index in [1.54, 1.807) is 6.33 Å². The Kier molecular flexibility index (Phi) is 4.97. The van der Waals surface area contributed by atoms with Gasteiger partial charge >= 0.3 is 0 Å². The Labute approximate surface area is 148 Å². The van der Waals surface area contributed by atoms with Crippen molar-refractivity contribution in [2.24, 2.45) is 0 Å². The molecule has 3 heterocycles. The quantitative estimate of drug-likeness (QED) is 0.903. The molecule has 2 aliphatic heterocycles. The third-order valence-corrected chi connectivity index (χ3v) is 4.91. The van der Waals surface area contributed by atoms with Crippen molar-refractivity contribution in [3.05, 3.63) is 42.7 Å². The van der Waals surface area contributed by atoms with E-state index < -0.39 is 0 Å². The van der Waals surface area contributed by atoms with Crippen molar-refractivity contribution in [3.63, 3.8) is 0 Å². The van der Waals surface area contributed by atoms with Gasteiger partial charge in [0.2, 0.25) is 0 Å².